The van der Waals surface area contributed by atoms with E-state index in [0.29, 0.717) is 11.1 Å². The molecule has 0 aliphatic carbocycles. The van der Waals surface area contributed by atoms with Crippen LogP contribution < -0.4 is 0 Å². The van der Waals surface area contributed by atoms with Crippen molar-refractivity contribution in [3.8, 4) is 0 Å². The quantitative estimate of drug-likeness (QED) is 0.282. The zero-order valence-electron chi connectivity index (χ0n) is 18.1. The van der Waals surface area contributed by atoms with E-state index in [1.54, 1.807) is 45.0 Å². The normalized spacial score (nSPS) is 18.4. The minimum absolute atomic E-state index is 0.0414. The molecule has 1 aliphatic rings. The molecule has 34 heavy (non-hydrogen) atoms. The fourth-order valence-corrected chi connectivity index (χ4v) is 4.00. The van der Waals surface area contributed by atoms with E-state index in [2.05, 4.69) is 5.16 Å². The summed E-state index contributed by atoms with van der Waals surface area (Å²) in [6.45, 7) is 5.04. The van der Waals surface area contributed by atoms with Gasteiger partial charge in [0.1, 0.15) is 5.60 Å². The fraction of sp³-hybridized carbons (Fsp3) is 0.364. The number of amides is 1. The van der Waals surface area contributed by atoms with Crippen LogP contribution in [-0.2, 0) is 21.7 Å². The molecule has 0 saturated heterocycles. The second-order valence-electron chi connectivity index (χ2n) is 8.59. The van der Waals surface area contributed by atoms with Crippen molar-refractivity contribution >= 4 is 58.4 Å². The van der Waals surface area contributed by atoms with Crippen molar-refractivity contribution in [3.05, 3.63) is 68.2 Å². The lowest BCUT2D eigenvalue weighted by Gasteiger charge is -2.30. The Morgan fingerprint density at radius 1 is 1.15 bits per heavy atom. The summed E-state index contributed by atoms with van der Waals surface area (Å²) in [7, 11) is 0. The average molecular weight is 558 g/mol. The van der Waals surface area contributed by atoms with Crippen molar-refractivity contribution in [3.63, 3.8) is 0 Å². The van der Waals surface area contributed by atoms with Gasteiger partial charge in [-0.15, -0.1) is 0 Å². The molecule has 0 radical (unpaired) electrons. The molecule has 3 rings (SSSR count). The Hall–Kier alpha value is -1.87. The fourth-order valence-electron chi connectivity index (χ4n) is 3.23. The van der Waals surface area contributed by atoms with Gasteiger partial charge < -0.3 is 9.57 Å². The van der Waals surface area contributed by atoms with Gasteiger partial charge in [0.15, 0.2) is 0 Å². The third-order valence-corrected chi connectivity index (χ3v) is 6.26. The van der Waals surface area contributed by atoms with Crippen molar-refractivity contribution in [2.45, 2.75) is 51.1 Å². The van der Waals surface area contributed by atoms with E-state index >= 15 is 0 Å². The topological polar surface area (TPSA) is 51.1 Å². The smallest absolute Gasteiger partial charge is 0.435 e. The zero-order valence-corrected chi connectivity index (χ0v) is 21.2. The molecule has 1 aliphatic heterocycles. The third-order valence-electron chi connectivity index (χ3n) is 4.81. The Balaban J connectivity index is 1.87. The Morgan fingerprint density at radius 3 is 2.32 bits per heavy atom. The summed E-state index contributed by atoms with van der Waals surface area (Å²) in [4.78, 5) is 17.1. The van der Waals surface area contributed by atoms with E-state index in [9.17, 15) is 18.0 Å². The lowest BCUT2D eigenvalue weighted by molar-refractivity contribution is -0.275. The van der Waals surface area contributed by atoms with Crippen LogP contribution in [-0.4, -0.2) is 28.0 Å². The summed E-state index contributed by atoms with van der Waals surface area (Å²) in [5, 5.41) is 3.38. The number of ether oxygens (including phenoxy) is 1. The predicted octanol–water partition coefficient (Wildman–Crippen LogP) is 8.12. The van der Waals surface area contributed by atoms with Gasteiger partial charge in [-0.3, -0.25) is 0 Å². The van der Waals surface area contributed by atoms with Crippen molar-refractivity contribution in [2.75, 3.05) is 0 Å². The first-order valence-corrected chi connectivity index (χ1v) is 11.3. The molecular formula is C22H19Cl4F3N2O3. The van der Waals surface area contributed by atoms with Crippen LogP contribution in [0, 0.1) is 0 Å². The predicted molar refractivity (Wildman–Crippen MR) is 126 cm³/mol. The van der Waals surface area contributed by atoms with Crippen LogP contribution in [0.4, 0.5) is 18.0 Å². The first-order valence-electron chi connectivity index (χ1n) is 9.85. The molecule has 5 nitrogen and oxygen atoms in total. The number of carbonyl (C=O) groups excluding carboxylic acids is 1. The Bertz CT molecular complexity index is 1110. The molecule has 0 fully saturated rings. The SMILES string of the molecule is CC(C)(C)OC(=O)N(Cl)Cc1cccc(C2=NOC(c3cc(Cl)c(Cl)c(Cl)c3)(C(F)(F)F)C2)c1. The van der Waals surface area contributed by atoms with Crippen LogP contribution in [0.5, 0.6) is 0 Å². The average Bonchev–Trinajstić information content (AvgIpc) is 3.17. The molecular weight excluding hydrogens is 539 g/mol. The monoisotopic (exact) mass is 556 g/mol. The third kappa shape index (κ3) is 5.67. The minimum atomic E-state index is -4.85. The van der Waals surface area contributed by atoms with E-state index in [0.717, 1.165) is 16.6 Å². The highest BCUT2D eigenvalue weighted by Gasteiger charge is 2.62. The van der Waals surface area contributed by atoms with Crippen LogP contribution in [0.2, 0.25) is 15.1 Å². The van der Waals surface area contributed by atoms with Crippen molar-refractivity contribution in [1.82, 2.24) is 4.42 Å². The number of hydrogen-bond donors (Lipinski definition) is 0. The first-order chi connectivity index (χ1) is 15.6. The summed E-state index contributed by atoms with van der Waals surface area (Å²) in [5.74, 6) is 0. The maximum atomic E-state index is 14.2. The number of carbonyl (C=O) groups is 1. The number of alkyl halides is 3. The second-order valence-corrected chi connectivity index (χ2v) is 10.2. The molecule has 2 aromatic rings. The van der Waals surface area contributed by atoms with Crippen molar-refractivity contribution in [2.24, 2.45) is 5.16 Å². The van der Waals surface area contributed by atoms with Gasteiger partial charge in [-0.05, 0) is 50.1 Å². The molecule has 0 saturated carbocycles. The van der Waals surface area contributed by atoms with Crippen LogP contribution in [0.25, 0.3) is 0 Å². The zero-order chi connectivity index (χ0) is 25.5. The number of benzene rings is 2. The highest BCUT2D eigenvalue weighted by atomic mass is 35.5. The van der Waals surface area contributed by atoms with Crippen LogP contribution in [0.1, 0.15) is 43.9 Å². The van der Waals surface area contributed by atoms with Gasteiger partial charge in [-0.25, -0.2) is 9.21 Å². The Labute approximate surface area is 214 Å². The maximum absolute atomic E-state index is 14.2. The Kier molecular flexibility index (Phi) is 7.58. The van der Waals surface area contributed by atoms with Gasteiger partial charge in [-0.1, -0.05) is 58.2 Å². The molecule has 1 atom stereocenters. The number of hydrogen-bond acceptors (Lipinski definition) is 4. The Morgan fingerprint density at radius 2 is 1.76 bits per heavy atom. The molecule has 0 N–H and O–H groups in total. The van der Waals surface area contributed by atoms with Gasteiger partial charge in [-0.2, -0.15) is 13.2 Å². The largest absolute Gasteiger partial charge is 0.443 e. The van der Waals surface area contributed by atoms with Gasteiger partial charge in [0, 0.05) is 23.8 Å². The molecule has 2 aromatic carbocycles. The molecule has 1 amide bonds. The van der Waals surface area contributed by atoms with Crippen LogP contribution in [0.15, 0.2) is 41.6 Å². The molecule has 1 unspecified atom stereocenters. The lowest BCUT2D eigenvalue weighted by Crippen LogP contribution is -2.42. The van der Waals surface area contributed by atoms with Gasteiger partial charge in [0.2, 0.25) is 0 Å². The maximum Gasteiger partial charge on any atom is 0.435 e. The van der Waals surface area contributed by atoms with E-state index in [1.807, 2.05) is 0 Å². The number of halogens is 7. The lowest BCUT2D eigenvalue weighted by atomic mass is 9.86. The van der Waals surface area contributed by atoms with E-state index < -0.39 is 29.9 Å². The van der Waals surface area contributed by atoms with Crippen LogP contribution in [0.3, 0.4) is 0 Å². The standard InChI is InChI=1S/C22H19Cl4F3N2O3/c1-20(2,3)33-19(32)31(26)11-12-5-4-6-13(7-12)17-10-21(34-30-17,22(27,28)29)14-8-15(23)18(25)16(24)9-14/h4-9H,10-11H2,1-3H3. The van der Waals surface area contributed by atoms with Crippen molar-refractivity contribution in [1.29, 1.82) is 0 Å². The summed E-state index contributed by atoms with van der Waals surface area (Å²) in [6.07, 6.45) is -6.24. The van der Waals surface area contributed by atoms with E-state index in [1.165, 1.54) is 0 Å². The number of oxime groups is 1. The molecule has 184 valence electrons. The van der Waals surface area contributed by atoms with E-state index in [-0.39, 0.29) is 32.9 Å². The second kappa shape index (κ2) is 9.64. The van der Waals surface area contributed by atoms with Gasteiger partial charge in [0.05, 0.1) is 27.3 Å². The van der Waals surface area contributed by atoms with Gasteiger partial charge >= 0.3 is 12.3 Å². The molecule has 12 heteroatoms. The minimum Gasteiger partial charge on any atom is -0.443 e. The molecule has 0 spiro atoms. The van der Waals surface area contributed by atoms with Gasteiger partial charge in [0.25, 0.3) is 5.60 Å². The summed E-state index contributed by atoms with van der Waals surface area (Å²) in [5.41, 5.74) is -2.92. The summed E-state index contributed by atoms with van der Waals surface area (Å²) >= 11 is 23.9. The summed E-state index contributed by atoms with van der Waals surface area (Å²) in [6, 6.07) is 8.53. The van der Waals surface area contributed by atoms with Crippen LogP contribution >= 0.6 is 46.6 Å². The number of rotatable bonds is 4. The number of nitrogens with zero attached hydrogens (tertiary/aromatic N) is 2. The molecule has 1 heterocycles. The van der Waals surface area contributed by atoms with Crippen molar-refractivity contribution < 1.29 is 27.5 Å². The highest BCUT2D eigenvalue weighted by molar-refractivity contribution is 6.48. The summed E-state index contributed by atoms with van der Waals surface area (Å²) < 4.78 is 48.8. The van der Waals surface area contributed by atoms with E-state index in [4.69, 9.17) is 56.2 Å². The molecule has 0 bridgehead atoms. The first kappa shape index (κ1) is 26.7. The highest BCUT2D eigenvalue weighted by Crippen LogP contribution is 2.50. The molecule has 0 aromatic heterocycles.